The van der Waals surface area contributed by atoms with Crippen molar-refractivity contribution in [2.24, 2.45) is 0 Å². The van der Waals surface area contributed by atoms with Gasteiger partial charge in [-0.05, 0) is 42.8 Å². The third-order valence-electron chi connectivity index (χ3n) is 5.63. The van der Waals surface area contributed by atoms with Crippen LogP contribution in [0.4, 0.5) is 10.2 Å². The van der Waals surface area contributed by atoms with Crippen molar-refractivity contribution in [2.45, 2.75) is 19.8 Å². The van der Waals surface area contributed by atoms with Crippen LogP contribution in [0.1, 0.15) is 30.1 Å². The number of nitrogens with zero attached hydrogens (tertiary/aromatic N) is 3. The second-order valence-electron chi connectivity index (χ2n) is 8.28. The highest BCUT2D eigenvalue weighted by Gasteiger charge is 2.22. The molecule has 184 valence electrons. The number of halogens is 2. The quantitative estimate of drug-likeness (QED) is 0.294. The van der Waals surface area contributed by atoms with Gasteiger partial charge in [0.25, 0.3) is 5.91 Å². The second kappa shape index (κ2) is 11.6. The van der Waals surface area contributed by atoms with Crippen molar-refractivity contribution < 1.29 is 14.0 Å². The Morgan fingerprint density at radius 2 is 1.69 bits per heavy atom. The molecule has 6 nitrogen and oxygen atoms in total. The van der Waals surface area contributed by atoms with E-state index in [9.17, 15) is 14.0 Å². The third kappa shape index (κ3) is 5.98. The van der Waals surface area contributed by atoms with Crippen LogP contribution in [0.5, 0.6) is 0 Å². The first-order valence-corrected chi connectivity index (χ1v) is 12.1. The van der Waals surface area contributed by atoms with E-state index in [1.54, 1.807) is 41.1 Å². The lowest BCUT2D eigenvalue weighted by molar-refractivity contribution is -0.117. The Morgan fingerprint density at radius 1 is 1.00 bits per heavy atom. The molecule has 0 spiro atoms. The normalized spacial score (nSPS) is 10.8. The van der Waals surface area contributed by atoms with Crippen LogP contribution < -0.4 is 5.32 Å². The Labute approximate surface area is 214 Å². The number of hydrogen-bond donors (Lipinski definition) is 1. The predicted octanol–water partition coefficient (Wildman–Crippen LogP) is 6.21. The number of rotatable bonds is 9. The summed E-state index contributed by atoms with van der Waals surface area (Å²) in [7, 11) is 0. The molecular formula is C28H26ClFN4O2. The first-order valence-electron chi connectivity index (χ1n) is 11.7. The molecule has 2 amide bonds. The fourth-order valence-corrected chi connectivity index (χ4v) is 3.89. The molecule has 4 rings (SSSR count). The number of nitrogens with one attached hydrogen (secondary N) is 1. The molecule has 0 saturated heterocycles. The summed E-state index contributed by atoms with van der Waals surface area (Å²) < 4.78 is 15.9. The maximum absolute atomic E-state index is 14.3. The summed E-state index contributed by atoms with van der Waals surface area (Å²) in [6, 6.07) is 24.3. The number of hydrogen-bond acceptors (Lipinski definition) is 3. The standard InChI is InChI=1S/C28H26ClFN4O2/c1-2-3-17-33(28(36)23-11-7-8-12-24(23)30)19-27(35)31-26-18-25(20-9-5-4-6-10-20)32-34(26)22-15-13-21(29)14-16-22/h4-16,18H,2-3,17,19H2,1H3,(H,31,35). The number of unbranched alkanes of at least 4 members (excludes halogenated alkanes) is 1. The average Bonchev–Trinajstić information content (AvgIpc) is 3.31. The van der Waals surface area contributed by atoms with Gasteiger partial charge in [-0.15, -0.1) is 0 Å². The first-order chi connectivity index (χ1) is 17.5. The average molecular weight is 505 g/mol. The highest BCUT2D eigenvalue weighted by Crippen LogP contribution is 2.25. The molecule has 1 N–H and O–H groups in total. The number of carbonyl (C=O) groups is 2. The smallest absolute Gasteiger partial charge is 0.257 e. The fraction of sp³-hybridized carbons (Fsp3) is 0.179. The van der Waals surface area contributed by atoms with Crippen molar-refractivity contribution in [1.29, 1.82) is 0 Å². The Kier molecular flexibility index (Phi) is 8.13. The molecule has 1 heterocycles. The van der Waals surface area contributed by atoms with Gasteiger partial charge >= 0.3 is 0 Å². The van der Waals surface area contributed by atoms with E-state index in [0.29, 0.717) is 35.2 Å². The van der Waals surface area contributed by atoms with Gasteiger partial charge in [0.15, 0.2) is 0 Å². The maximum Gasteiger partial charge on any atom is 0.257 e. The van der Waals surface area contributed by atoms with E-state index in [0.717, 1.165) is 12.0 Å². The van der Waals surface area contributed by atoms with Crippen molar-refractivity contribution in [3.63, 3.8) is 0 Å². The number of amides is 2. The van der Waals surface area contributed by atoms with Gasteiger partial charge in [-0.2, -0.15) is 5.10 Å². The second-order valence-corrected chi connectivity index (χ2v) is 8.71. The molecule has 4 aromatic rings. The lowest BCUT2D eigenvalue weighted by atomic mass is 10.1. The topological polar surface area (TPSA) is 67.2 Å². The van der Waals surface area contributed by atoms with E-state index < -0.39 is 17.6 Å². The van der Waals surface area contributed by atoms with Crippen LogP contribution >= 0.6 is 11.6 Å². The predicted molar refractivity (Wildman–Crippen MR) is 140 cm³/mol. The Balaban J connectivity index is 1.60. The lowest BCUT2D eigenvalue weighted by Gasteiger charge is -2.22. The van der Waals surface area contributed by atoms with Crippen molar-refractivity contribution in [2.75, 3.05) is 18.4 Å². The van der Waals surface area contributed by atoms with Crippen LogP contribution in [0.25, 0.3) is 16.9 Å². The van der Waals surface area contributed by atoms with Gasteiger partial charge in [-0.1, -0.05) is 67.4 Å². The highest BCUT2D eigenvalue weighted by molar-refractivity contribution is 6.30. The van der Waals surface area contributed by atoms with E-state index in [2.05, 4.69) is 10.4 Å². The van der Waals surface area contributed by atoms with Crippen molar-refractivity contribution in [3.05, 3.63) is 101 Å². The van der Waals surface area contributed by atoms with Crippen molar-refractivity contribution in [3.8, 4) is 16.9 Å². The maximum atomic E-state index is 14.3. The summed E-state index contributed by atoms with van der Waals surface area (Å²) in [5.74, 6) is -1.11. The monoisotopic (exact) mass is 504 g/mol. The number of aromatic nitrogens is 2. The molecule has 0 atom stereocenters. The van der Waals surface area contributed by atoms with Crippen molar-refractivity contribution >= 4 is 29.2 Å². The summed E-state index contributed by atoms with van der Waals surface area (Å²) in [5, 5.41) is 8.15. The van der Waals surface area contributed by atoms with E-state index in [1.165, 1.54) is 23.1 Å². The summed E-state index contributed by atoms with van der Waals surface area (Å²) in [6.45, 7) is 2.10. The molecule has 0 aliphatic heterocycles. The molecule has 0 bridgehead atoms. The minimum Gasteiger partial charge on any atom is -0.329 e. The molecule has 0 unspecified atom stereocenters. The van der Waals surface area contributed by atoms with Gasteiger partial charge in [0.1, 0.15) is 18.2 Å². The van der Waals surface area contributed by atoms with Crippen LogP contribution in [0.15, 0.2) is 84.9 Å². The first kappa shape index (κ1) is 25.1. The van der Waals surface area contributed by atoms with Gasteiger partial charge in [-0.3, -0.25) is 9.59 Å². The van der Waals surface area contributed by atoms with Gasteiger partial charge in [0, 0.05) is 23.2 Å². The van der Waals surface area contributed by atoms with Crippen LogP contribution in [0, 0.1) is 5.82 Å². The van der Waals surface area contributed by atoms with E-state index in [4.69, 9.17) is 11.6 Å². The van der Waals surface area contributed by atoms with E-state index >= 15 is 0 Å². The molecule has 1 aromatic heterocycles. The number of benzene rings is 3. The molecular weight excluding hydrogens is 479 g/mol. The Hall–Kier alpha value is -3.97. The summed E-state index contributed by atoms with van der Waals surface area (Å²) >= 11 is 6.05. The zero-order valence-electron chi connectivity index (χ0n) is 19.8. The third-order valence-corrected chi connectivity index (χ3v) is 5.88. The molecule has 8 heteroatoms. The number of carbonyl (C=O) groups excluding carboxylic acids is 2. The minimum atomic E-state index is -0.613. The molecule has 0 fully saturated rings. The van der Waals surface area contributed by atoms with E-state index in [1.807, 2.05) is 37.3 Å². The Morgan fingerprint density at radius 3 is 2.39 bits per heavy atom. The zero-order chi connectivity index (χ0) is 25.5. The molecule has 3 aromatic carbocycles. The molecule has 0 aliphatic rings. The van der Waals surface area contributed by atoms with Crippen LogP contribution in [-0.4, -0.2) is 39.6 Å². The minimum absolute atomic E-state index is 0.0565. The summed E-state index contributed by atoms with van der Waals surface area (Å²) in [4.78, 5) is 27.5. The van der Waals surface area contributed by atoms with Crippen LogP contribution in [-0.2, 0) is 4.79 Å². The van der Waals surface area contributed by atoms with Gasteiger partial charge in [0.05, 0.1) is 16.9 Å². The summed E-state index contributed by atoms with van der Waals surface area (Å²) in [6.07, 6.45) is 1.51. The van der Waals surface area contributed by atoms with E-state index in [-0.39, 0.29) is 12.1 Å². The fourth-order valence-electron chi connectivity index (χ4n) is 3.76. The lowest BCUT2D eigenvalue weighted by Crippen LogP contribution is -2.39. The largest absolute Gasteiger partial charge is 0.329 e. The van der Waals surface area contributed by atoms with Gasteiger partial charge < -0.3 is 10.2 Å². The highest BCUT2D eigenvalue weighted by atomic mass is 35.5. The number of anilines is 1. The van der Waals surface area contributed by atoms with Crippen molar-refractivity contribution in [1.82, 2.24) is 14.7 Å². The van der Waals surface area contributed by atoms with Crippen LogP contribution in [0.2, 0.25) is 5.02 Å². The SMILES string of the molecule is CCCCN(CC(=O)Nc1cc(-c2ccccc2)nn1-c1ccc(Cl)cc1)C(=O)c1ccccc1F. The summed E-state index contributed by atoms with van der Waals surface area (Å²) in [5.41, 5.74) is 2.22. The van der Waals surface area contributed by atoms with Crippen LogP contribution in [0.3, 0.4) is 0 Å². The molecule has 0 aliphatic carbocycles. The van der Waals surface area contributed by atoms with Gasteiger partial charge in [-0.25, -0.2) is 9.07 Å². The molecule has 0 radical (unpaired) electrons. The van der Waals surface area contributed by atoms with Gasteiger partial charge in [0.2, 0.25) is 5.91 Å². The molecule has 0 saturated carbocycles. The zero-order valence-corrected chi connectivity index (χ0v) is 20.6. The Bertz CT molecular complexity index is 1340. The molecule has 36 heavy (non-hydrogen) atoms.